The van der Waals surface area contributed by atoms with Gasteiger partial charge in [-0.05, 0) is 51.5 Å². The molecular formula is C15H24N2O3S. The molecule has 0 bridgehead atoms. The smallest absolute Gasteiger partial charge is 0.242 e. The Morgan fingerprint density at radius 1 is 1.24 bits per heavy atom. The average molecular weight is 312 g/mol. The van der Waals surface area contributed by atoms with E-state index in [0.29, 0.717) is 5.69 Å². The van der Waals surface area contributed by atoms with E-state index >= 15 is 0 Å². The summed E-state index contributed by atoms with van der Waals surface area (Å²) >= 11 is 0. The van der Waals surface area contributed by atoms with Gasteiger partial charge in [0.05, 0.1) is 4.90 Å². The molecule has 6 heteroatoms. The van der Waals surface area contributed by atoms with Crippen molar-refractivity contribution in [1.82, 2.24) is 5.32 Å². The van der Waals surface area contributed by atoms with Crippen LogP contribution in [-0.2, 0) is 14.6 Å². The lowest BCUT2D eigenvalue weighted by molar-refractivity contribution is -0.123. The lowest BCUT2D eigenvalue weighted by Crippen LogP contribution is -2.48. The Hall–Kier alpha value is -1.56. The second-order valence-corrected chi connectivity index (χ2v) is 7.90. The Kier molecular flexibility index (Phi) is 5.39. The molecule has 0 saturated heterocycles. The Balaban J connectivity index is 2.71. The zero-order valence-electron chi connectivity index (χ0n) is 13.2. The lowest BCUT2D eigenvalue weighted by Gasteiger charge is -2.27. The SMILES string of the molecule is CCC(C)(C)NC(=O)C(C)Nc1ccc(S(C)(=O)=O)cc1. The zero-order valence-corrected chi connectivity index (χ0v) is 14.0. The molecule has 0 aliphatic carbocycles. The standard InChI is InChI=1S/C15H24N2O3S/c1-6-15(3,4)17-14(18)11(2)16-12-7-9-13(10-8-12)21(5,19)20/h7-11,16H,6H2,1-5H3,(H,17,18). The van der Waals surface area contributed by atoms with Crippen LogP contribution in [0.3, 0.4) is 0 Å². The Morgan fingerprint density at radius 3 is 2.19 bits per heavy atom. The maximum Gasteiger partial charge on any atom is 0.242 e. The molecule has 0 spiro atoms. The van der Waals surface area contributed by atoms with Gasteiger partial charge < -0.3 is 10.6 Å². The minimum absolute atomic E-state index is 0.0889. The minimum Gasteiger partial charge on any atom is -0.374 e. The molecule has 21 heavy (non-hydrogen) atoms. The fourth-order valence-electron chi connectivity index (χ4n) is 1.64. The van der Waals surface area contributed by atoms with E-state index in [1.54, 1.807) is 19.1 Å². The minimum atomic E-state index is -3.20. The highest BCUT2D eigenvalue weighted by Crippen LogP contribution is 2.15. The largest absolute Gasteiger partial charge is 0.374 e. The molecule has 0 radical (unpaired) electrons. The molecule has 0 heterocycles. The highest BCUT2D eigenvalue weighted by atomic mass is 32.2. The summed E-state index contributed by atoms with van der Waals surface area (Å²) in [5.74, 6) is -0.0889. The van der Waals surface area contributed by atoms with Crippen molar-refractivity contribution in [2.24, 2.45) is 0 Å². The summed E-state index contributed by atoms with van der Waals surface area (Å²) in [7, 11) is -3.20. The number of amides is 1. The van der Waals surface area contributed by atoms with Gasteiger partial charge in [0.2, 0.25) is 5.91 Å². The van der Waals surface area contributed by atoms with Gasteiger partial charge in [0.25, 0.3) is 0 Å². The molecule has 1 rings (SSSR count). The summed E-state index contributed by atoms with van der Waals surface area (Å²) in [6, 6.07) is 5.96. The van der Waals surface area contributed by atoms with E-state index in [9.17, 15) is 13.2 Å². The highest BCUT2D eigenvalue weighted by molar-refractivity contribution is 7.90. The van der Waals surface area contributed by atoms with E-state index in [0.717, 1.165) is 6.42 Å². The summed E-state index contributed by atoms with van der Waals surface area (Å²) in [5.41, 5.74) is 0.465. The van der Waals surface area contributed by atoms with Crippen molar-refractivity contribution >= 4 is 21.4 Å². The van der Waals surface area contributed by atoms with Gasteiger partial charge >= 0.3 is 0 Å². The number of benzene rings is 1. The van der Waals surface area contributed by atoms with Crippen LogP contribution < -0.4 is 10.6 Å². The second-order valence-electron chi connectivity index (χ2n) is 5.89. The maximum absolute atomic E-state index is 12.1. The summed E-state index contributed by atoms with van der Waals surface area (Å²) in [5, 5.41) is 6.02. The molecule has 1 unspecified atom stereocenters. The van der Waals surface area contributed by atoms with Crippen molar-refractivity contribution in [2.45, 2.75) is 50.6 Å². The maximum atomic E-state index is 12.1. The van der Waals surface area contributed by atoms with Crippen LogP contribution in [-0.4, -0.2) is 32.2 Å². The Bertz CT molecular complexity index is 592. The van der Waals surface area contributed by atoms with Crippen LogP contribution in [0, 0.1) is 0 Å². The summed E-state index contributed by atoms with van der Waals surface area (Å²) in [6.45, 7) is 7.73. The predicted octanol–water partition coefficient (Wildman–Crippen LogP) is 2.20. The molecule has 5 nitrogen and oxygen atoms in total. The topological polar surface area (TPSA) is 75.3 Å². The van der Waals surface area contributed by atoms with Crippen LogP contribution in [0.15, 0.2) is 29.2 Å². The van der Waals surface area contributed by atoms with Gasteiger partial charge in [-0.15, -0.1) is 0 Å². The van der Waals surface area contributed by atoms with Gasteiger partial charge in [0.15, 0.2) is 9.84 Å². The number of sulfone groups is 1. The lowest BCUT2D eigenvalue weighted by atomic mass is 10.0. The quantitative estimate of drug-likeness (QED) is 0.844. The highest BCUT2D eigenvalue weighted by Gasteiger charge is 2.21. The average Bonchev–Trinajstić information content (AvgIpc) is 2.37. The first-order valence-electron chi connectivity index (χ1n) is 6.94. The van der Waals surface area contributed by atoms with Crippen molar-refractivity contribution in [1.29, 1.82) is 0 Å². The third kappa shape index (κ3) is 5.38. The fourth-order valence-corrected chi connectivity index (χ4v) is 2.27. The fraction of sp³-hybridized carbons (Fsp3) is 0.533. The van der Waals surface area contributed by atoms with E-state index in [2.05, 4.69) is 10.6 Å². The molecule has 2 N–H and O–H groups in total. The number of rotatable bonds is 6. The van der Waals surface area contributed by atoms with Crippen LogP contribution in [0.5, 0.6) is 0 Å². The Labute approximate surface area is 127 Å². The van der Waals surface area contributed by atoms with Crippen LogP contribution >= 0.6 is 0 Å². The van der Waals surface area contributed by atoms with Crippen LogP contribution in [0.4, 0.5) is 5.69 Å². The third-order valence-corrected chi connectivity index (χ3v) is 4.53. The number of anilines is 1. The first-order valence-corrected chi connectivity index (χ1v) is 8.83. The van der Waals surface area contributed by atoms with Crippen molar-refractivity contribution in [3.8, 4) is 0 Å². The molecule has 0 fully saturated rings. The summed E-state index contributed by atoms with van der Waals surface area (Å²) in [4.78, 5) is 12.3. The molecule has 118 valence electrons. The molecular weight excluding hydrogens is 288 g/mol. The first-order chi connectivity index (χ1) is 9.55. The van der Waals surface area contributed by atoms with Gasteiger partial charge in [-0.2, -0.15) is 0 Å². The van der Waals surface area contributed by atoms with Gasteiger partial charge in [0, 0.05) is 17.5 Å². The van der Waals surface area contributed by atoms with E-state index < -0.39 is 15.9 Å². The van der Waals surface area contributed by atoms with Crippen molar-refractivity contribution < 1.29 is 13.2 Å². The van der Waals surface area contributed by atoms with E-state index in [4.69, 9.17) is 0 Å². The van der Waals surface area contributed by atoms with Gasteiger partial charge in [0.1, 0.15) is 6.04 Å². The van der Waals surface area contributed by atoms with Crippen molar-refractivity contribution in [2.75, 3.05) is 11.6 Å². The van der Waals surface area contributed by atoms with Gasteiger partial charge in [-0.1, -0.05) is 6.92 Å². The molecule has 0 aliphatic heterocycles. The zero-order chi connectivity index (χ0) is 16.3. The molecule has 0 aromatic heterocycles. The van der Waals surface area contributed by atoms with E-state index in [1.165, 1.54) is 18.4 Å². The molecule has 1 atom stereocenters. The number of carbonyl (C=O) groups is 1. The molecule has 1 amide bonds. The number of hydrogen-bond acceptors (Lipinski definition) is 4. The molecule has 0 saturated carbocycles. The van der Waals surface area contributed by atoms with Crippen LogP contribution in [0.1, 0.15) is 34.1 Å². The molecule has 1 aromatic carbocycles. The van der Waals surface area contributed by atoms with Crippen LogP contribution in [0.2, 0.25) is 0 Å². The number of nitrogens with one attached hydrogen (secondary N) is 2. The van der Waals surface area contributed by atoms with Gasteiger partial charge in [-0.25, -0.2) is 8.42 Å². The molecule has 1 aromatic rings. The number of carbonyl (C=O) groups excluding carboxylic acids is 1. The normalized spacial score (nSPS) is 13.6. The Morgan fingerprint density at radius 2 is 1.76 bits per heavy atom. The third-order valence-electron chi connectivity index (χ3n) is 3.40. The van der Waals surface area contributed by atoms with E-state index in [1.807, 2.05) is 20.8 Å². The van der Waals surface area contributed by atoms with Crippen molar-refractivity contribution in [3.05, 3.63) is 24.3 Å². The monoisotopic (exact) mass is 312 g/mol. The second kappa shape index (κ2) is 6.47. The number of hydrogen-bond donors (Lipinski definition) is 2. The molecule has 0 aliphatic rings. The van der Waals surface area contributed by atoms with Crippen LogP contribution in [0.25, 0.3) is 0 Å². The van der Waals surface area contributed by atoms with E-state index in [-0.39, 0.29) is 16.3 Å². The first kappa shape index (κ1) is 17.5. The van der Waals surface area contributed by atoms with Gasteiger partial charge in [-0.3, -0.25) is 4.79 Å². The van der Waals surface area contributed by atoms with Crippen molar-refractivity contribution in [3.63, 3.8) is 0 Å². The predicted molar refractivity (Wildman–Crippen MR) is 85.1 cm³/mol. The summed E-state index contributed by atoms with van der Waals surface area (Å²) < 4.78 is 22.8. The summed E-state index contributed by atoms with van der Waals surface area (Å²) in [6.07, 6.45) is 2.01.